The van der Waals surface area contributed by atoms with E-state index in [4.69, 9.17) is 10.9 Å². The van der Waals surface area contributed by atoms with Crippen LogP contribution in [-0.2, 0) is 6.42 Å². The van der Waals surface area contributed by atoms with Gasteiger partial charge in [0, 0.05) is 17.2 Å². The summed E-state index contributed by atoms with van der Waals surface area (Å²) in [6.07, 6.45) is 3.29. The van der Waals surface area contributed by atoms with Crippen molar-refractivity contribution < 1.29 is 5.21 Å². The molecule has 21 heavy (non-hydrogen) atoms. The molecule has 2 aromatic rings. The molecule has 1 aliphatic carbocycles. The predicted molar refractivity (Wildman–Crippen MR) is 81.7 cm³/mol. The zero-order valence-electron chi connectivity index (χ0n) is 11.9. The van der Waals surface area contributed by atoms with Crippen LogP contribution in [0.2, 0.25) is 0 Å². The maximum atomic E-state index is 8.95. The molecule has 2 atom stereocenters. The molecule has 1 heterocycles. The average molecular weight is 282 g/mol. The van der Waals surface area contributed by atoms with Crippen LogP contribution >= 0.6 is 0 Å². The van der Waals surface area contributed by atoms with E-state index in [1.54, 1.807) is 6.21 Å². The summed E-state index contributed by atoms with van der Waals surface area (Å²) >= 11 is 0. The van der Waals surface area contributed by atoms with Crippen molar-refractivity contribution in [2.45, 2.75) is 31.6 Å². The molecule has 3 rings (SSSR count). The number of aromatic nitrogens is 2. The van der Waals surface area contributed by atoms with Crippen LogP contribution in [0, 0.1) is 6.92 Å². The van der Waals surface area contributed by atoms with Gasteiger partial charge in [-0.3, -0.25) is 0 Å². The van der Waals surface area contributed by atoms with Crippen molar-refractivity contribution in [2.24, 2.45) is 5.16 Å². The summed E-state index contributed by atoms with van der Waals surface area (Å²) in [5, 5.41) is 12.2. The molecule has 0 saturated heterocycles. The standard InChI is InChI=1S/C16H18N4O/c1-10-15-13(9-18-21)7-12(11-5-3-2-4-6-11)8-14(15)20-16(17)19-10/h2-6,9,12-13,21H,7-8H2,1H3,(H2,17,19,20). The molecule has 0 bridgehead atoms. The van der Waals surface area contributed by atoms with Gasteiger partial charge in [0.15, 0.2) is 0 Å². The second kappa shape index (κ2) is 5.52. The van der Waals surface area contributed by atoms with Crippen LogP contribution in [0.4, 0.5) is 5.95 Å². The van der Waals surface area contributed by atoms with Crippen molar-refractivity contribution in [3.8, 4) is 0 Å². The molecule has 0 amide bonds. The highest BCUT2D eigenvalue weighted by atomic mass is 16.4. The lowest BCUT2D eigenvalue weighted by molar-refractivity contribution is 0.318. The number of nitrogens with two attached hydrogens (primary N) is 1. The number of benzene rings is 1. The summed E-state index contributed by atoms with van der Waals surface area (Å²) in [6.45, 7) is 1.93. The van der Waals surface area contributed by atoms with Crippen molar-refractivity contribution in [2.75, 3.05) is 5.73 Å². The Labute approximate surface area is 123 Å². The number of oxime groups is 1. The van der Waals surface area contributed by atoms with E-state index in [1.807, 2.05) is 25.1 Å². The molecule has 0 fully saturated rings. The topological polar surface area (TPSA) is 84.4 Å². The van der Waals surface area contributed by atoms with Crippen molar-refractivity contribution in [3.05, 3.63) is 52.8 Å². The van der Waals surface area contributed by atoms with Crippen molar-refractivity contribution in [3.63, 3.8) is 0 Å². The van der Waals surface area contributed by atoms with Gasteiger partial charge in [-0.05, 0) is 31.2 Å². The number of hydrogen-bond acceptors (Lipinski definition) is 5. The number of fused-ring (bicyclic) bond motifs is 1. The van der Waals surface area contributed by atoms with Crippen molar-refractivity contribution in [1.82, 2.24) is 9.97 Å². The molecule has 0 aliphatic heterocycles. The molecule has 1 aromatic heterocycles. The Hall–Kier alpha value is -2.43. The van der Waals surface area contributed by atoms with Gasteiger partial charge < -0.3 is 10.9 Å². The molecule has 0 saturated carbocycles. The quantitative estimate of drug-likeness (QED) is 0.504. The summed E-state index contributed by atoms with van der Waals surface area (Å²) in [5.74, 6) is 0.666. The van der Waals surface area contributed by atoms with E-state index in [9.17, 15) is 0 Å². The minimum absolute atomic E-state index is 0.0181. The largest absolute Gasteiger partial charge is 0.411 e. The fourth-order valence-electron chi connectivity index (χ4n) is 3.24. The Morgan fingerprint density at radius 2 is 2.05 bits per heavy atom. The maximum Gasteiger partial charge on any atom is 0.220 e. The molecule has 1 aromatic carbocycles. The minimum atomic E-state index is 0.0181. The second-order valence-electron chi connectivity index (χ2n) is 5.45. The van der Waals surface area contributed by atoms with Gasteiger partial charge >= 0.3 is 0 Å². The summed E-state index contributed by atoms with van der Waals surface area (Å²) in [6, 6.07) is 10.3. The Morgan fingerprint density at radius 3 is 2.76 bits per heavy atom. The normalized spacial score (nSPS) is 21.4. The van der Waals surface area contributed by atoms with Crippen molar-refractivity contribution in [1.29, 1.82) is 0 Å². The monoisotopic (exact) mass is 282 g/mol. The zero-order valence-corrected chi connectivity index (χ0v) is 11.9. The van der Waals surface area contributed by atoms with Crippen LogP contribution in [-0.4, -0.2) is 21.4 Å². The third-order valence-electron chi connectivity index (χ3n) is 4.10. The van der Waals surface area contributed by atoms with Gasteiger partial charge in [0.05, 0.1) is 11.9 Å². The highest BCUT2D eigenvalue weighted by Crippen LogP contribution is 2.39. The lowest BCUT2D eigenvalue weighted by atomic mass is 9.76. The van der Waals surface area contributed by atoms with Gasteiger partial charge in [0.2, 0.25) is 5.95 Å². The molecule has 108 valence electrons. The summed E-state index contributed by atoms with van der Waals surface area (Å²) in [4.78, 5) is 8.65. The highest BCUT2D eigenvalue weighted by Gasteiger charge is 2.30. The van der Waals surface area contributed by atoms with E-state index < -0.39 is 0 Å². The molecule has 1 aliphatic rings. The van der Waals surface area contributed by atoms with E-state index in [0.29, 0.717) is 11.9 Å². The maximum absolute atomic E-state index is 8.95. The highest BCUT2D eigenvalue weighted by molar-refractivity contribution is 5.69. The molecular formula is C16H18N4O. The lowest BCUT2D eigenvalue weighted by Gasteiger charge is -2.30. The fraction of sp³-hybridized carbons (Fsp3) is 0.312. The van der Waals surface area contributed by atoms with E-state index in [2.05, 4.69) is 27.3 Å². The van der Waals surface area contributed by atoms with E-state index in [0.717, 1.165) is 29.8 Å². The Morgan fingerprint density at radius 1 is 1.29 bits per heavy atom. The summed E-state index contributed by atoms with van der Waals surface area (Å²) in [5.41, 5.74) is 9.94. The number of rotatable bonds is 2. The van der Waals surface area contributed by atoms with Gasteiger partial charge in [0.25, 0.3) is 0 Å². The fourth-order valence-corrected chi connectivity index (χ4v) is 3.24. The lowest BCUT2D eigenvalue weighted by Crippen LogP contribution is -2.22. The molecule has 0 spiro atoms. The van der Waals surface area contributed by atoms with Gasteiger partial charge in [-0.15, -0.1) is 5.16 Å². The van der Waals surface area contributed by atoms with Gasteiger partial charge in [-0.25, -0.2) is 9.97 Å². The number of anilines is 1. The molecule has 0 radical (unpaired) electrons. The molecule has 2 unspecified atom stereocenters. The van der Waals surface area contributed by atoms with E-state index in [-0.39, 0.29) is 5.92 Å². The Balaban J connectivity index is 2.05. The summed E-state index contributed by atoms with van der Waals surface area (Å²) < 4.78 is 0. The smallest absolute Gasteiger partial charge is 0.220 e. The van der Waals surface area contributed by atoms with Gasteiger partial charge in [0.1, 0.15) is 0 Å². The third kappa shape index (κ3) is 2.59. The minimum Gasteiger partial charge on any atom is -0.411 e. The van der Waals surface area contributed by atoms with E-state index in [1.165, 1.54) is 5.56 Å². The number of nitrogen functional groups attached to an aromatic ring is 1. The second-order valence-corrected chi connectivity index (χ2v) is 5.45. The van der Waals surface area contributed by atoms with E-state index >= 15 is 0 Å². The van der Waals surface area contributed by atoms with Crippen LogP contribution in [0.5, 0.6) is 0 Å². The van der Waals surface area contributed by atoms with Crippen LogP contribution in [0.15, 0.2) is 35.5 Å². The average Bonchev–Trinajstić information content (AvgIpc) is 2.47. The molecule has 5 heteroatoms. The molecule has 5 nitrogen and oxygen atoms in total. The number of aryl methyl sites for hydroxylation is 1. The van der Waals surface area contributed by atoms with Crippen LogP contribution in [0.1, 0.15) is 40.8 Å². The SMILES string of the molecule is Cc1nc(N)nc2c1C(C=NO)CC(c1ccccc1)C2. The van der Waals surface area contributed by atoms with Gasteiger partial charge in [-0.1, -0.05) is 30.3 Å². The number of hydrogen-bond donors (Lipinski definition) is 2. The Kier molecular flexibility index (Phi) is 3.56. The first-order chi connectivity index (χ1) is 10.2. The molecule has 3 N–H and O–H groups in total. The first-order valence-electron chi connectivity index (χ1n) is 7.04. The Bertz CT molecular complexity index is 669. The zero-order chi connectivity index (χ0) is 14.8. The summed E-state index contributed by atoms with van der Waals surface area (Å²) in [7, 11) is 0. The third-order valence-corrected chi connectivity index (χ3v) is 4.10. The van der Waals surface area contributed by atoms with Crippen LogP contribution < -0.4 is 5.73 Å². The van der Waals surface area contributed by atoms with Gasteiger partial charge in [-0.2, -0.15) is 0 Å². The van der Waals surface area contributed by atoms with Crippen LogP contribution in [0.3, 0.4) is 0 Å². The molecular weight excluding hydrogens is 264 g/mol. The first kappa shape index (κ1) is 13.5. The van der Waals surface area contributed by atoms with Crippen LogP contribution in [0.25, 0.3) is 0 Å². The first-order valence-corrected chi connectivity index (χ1v) is 7.04. The number of nitrogens with zero attached hydrogens (tertiary/aromatic N) is 3. The van der Waals surface area contributed by atoms with Crippen molar-refractivity contribution >= 4 is 12.2 Å². The predicted octanol–water partition coefficient (Wildman–Crippen LogP) is 2.64.